The first-order chi connectivity index (χ1) is 10.2. The van der Waals surface area contributed by atoms with Crippen molar-refractivity contribution in [1.29, 1.82) is 0 Å². The van der Waals surface area contributed by atoms with E-state index in [1.54, 1.807) is 18.3 Å². The predicted molar refractivity (Wildman–Crippen MR) is 86.5 cm³/mol. The Labute approximate surface area is 123 Å². The van der Waals surface area contributed by atoms with E-state index in [0.717, 1.165) is 35.1 Å². The van der Waals surface area contributed by atoms with Gasteiger partial charge in [0.05, 0.1) is 11.4 Å². The number of nitrogens with zero attached hydrogens (tertiary/aromatic N) is 1. The molecule has 3 rings (SSSR count). The molecule has 0 aliphatic rings. The maximum Gasteiger partial charge on any atom is 0.115 e. The number of fused-ring (bicyclic) bond motifs is 1. The molecule has 1 heterocycles. The molecule has 0 fully saturated rings. The van der Waals surface area contributed by atoms with Gasteiger partial charge in [0, 0.05) is 29.7 Å². The van der Waals surface area contributed by atoms with E-state index in [1.165, 1.54) is 5.56 Å². The number of benzene rings is 2. The highest BCUT2D eigenvalue weighted by Crippen LogP contribution is 2.27. The van der Waals surface area contributed by atoms with Gasteiger partial charge in [-0.1, -0.05) is 18.2 Å². The summed E-state index contributed by atoms with van der Waals surface area (Å²) >= 11 is 0. The van der Waals surface area contributed by atoms with E-state index in [0.29, 0.717) is 5.75 Å². The topological polar surface area (TPSA) is 71.2 Å². The van der Waals surface area contributed by atoms with Crippen LogP contribution in [0.25, 0.3) is 10.8 Å². The largest absolute Gasteiger partial charge is 0.508 e. The Bertz CT molecular complexity index is 754. The molecule has 0 unspecified atom stereocenters. The Morgan fingerprint density at radius 3 is 2.67 bits per heavy atom. The minimum Gasteiger partial charge on any atom is -0.508 e. The molecule has 2 aromatic carbocycles. The van der Waals surface area contributed by atoms with Gasteiger partial charge in [-0.3, -0.25) is 4.98 Å². The summed E-state index contributed by atoms with van der Waals surface area (Å²) < 4.78 is 0. The van der Waals surface area contributed by atoms with Crippen molar-refractivity contribution in [3.63, 3.8) is 0 Å². The zero-order chi connectivity index (χ0) is 14.7. The summed E-state index contributed by atoms with van der Waals surface area (Å²) in [5.41, 5.74) is 9.05. The Morgan fingerprint density at radius 2 is 1.86 bits per heavy atom. The first-order valence-electron chi connectivity index (χ1n) is 6.88. The Kier molecular flexibility index (Phi) is 3.60. The third kappa shape index (κ3) is 2.89. The molecular formula is C17H17N3O. The normalized spacial score (nSPS) is 10.7. The number of aromatic hydroxyl groups is 1. The van der Waals surface area contributed by atoms with Gasteiger partial charge in [0.25, 0.3) is 0 Å². The summed E-state index contributed by atoms with van der Waals surface area (Å²) in [5, 5.41) is 14.7. The van der Waals surface area contributed by atoms with Crippen LogP contribution >= 0.6 is 0 Å². The summed E-state index contributed by atoms with van der Waals surface area (Å²) in [6.07, 6.45) is 4.43. The summed E-state index contributed by atoms with van der Waals surface area (Å²) in [6.45, 7) is 0.783. The number of anilines is 2. The third-order valence-corrected chi connectivity index (χ3v) is 3.53. The van der Waals surface area contributed by atoms with E-state index in [4.69, 9.17) is 5.73 Å². The first kappa shape index (κ1) is 13.2. The lowest BCUT2D eigenvalue weighted by Gasteiger charge is -2.11. The smallest absolute Gasteiger partial charge is 0.115 e. The number of phenols is 1. The fourth-order valence-corrected chi connectivity index (χ4v) is 2.35. The first-order valence-corrected chi connectivity index (χ1v) is 6.88. The number of phenolic OH excluding ortho intramolecular Hbond substituents is 1. The second-order valence-corrected chi connectivity index (χ2v) is 4.97. The molecule has 0 amide bonds. The van der Waals surface area contributed by atoms with Crippen LogP contribution < -0.4 is 11.1 Å². The number of aromatic nitrogens is 1. The van der Waals surface area contributed by atoms with Crippen molar-refractivity contribution in [2.75, 3.05) is 17.6 Å². The van der Waals surface area contributed by atoms with Gasteiger partial charge in [-0.15, -0.1) is 0 Å². The van der Waals surface area contributed by atoms with Crippen molar-refractivity contribution in [3.05, 3.63) is 60.4 Å². The molecule has 106 valence electrons. The number of pyridine rings is 1. The average molecular weight is 279 g/mol. The molecule has 0 atom stereocenters. The van der Waals surface area contributed by atoms with Crippen molar-refractivity contribution in [2.24, 2.45) is 0 Å². The molecule has 0 aliphatic carbocycles. The maximum atomic E-state index is 9.26. The van der Waals surface area contributed by atoms with E-state index in [2.05, 4.69) is 10.3 Å². The number of nitrogens with one attached hydrogen (secondary N) is 1. The SMILES string of the molecule is Nc1c(NCCc2ccc(O)cc2)ccc2cnccc12. The molecular weight excluding hydrogens is 262 g/mol. The van der Waals surface area contributed by atoms with Crippen molar-refractivity contribution in [2.45, 2.75) is 6.42 Å². The monoisotopic (exact) mass is 279 g/mol. The van der Waals surface area contributed by atoms with Crippen LogP contribution in [0.15, 0.2) is 54.9 Å². The number of hydrogen-bond donors (Lipinski definition) is 3. The van der Waals surface area contributed by atoms with Crippen LogP contribution in [0.5, 0.6) is 5.75 Å². The van der Waals surface area contributed by atoms with Gasteiger partial charge in [-0.05, 0) is 36.2 Å². The molecule has 0 bridgehead atoms. The highest BCUT2D eigenvalue weighted by molar-refractivity contribution is 5.98. The molecule has 0 saturated heterocycles. The quantitative estimate of drug-likeness (QED) is 0.641. The third-order valence-electron chi connectivity index (χ3n) is 3.53. The standard InChI is InChI=1S/C17H17N3O/c18-17-15-8-9-19-11-13(15)3-6-16(17)20-10-7-12-1-4-14(21)5-2-12/h1-6,8-9,11,20-21H,7,10,18H2. The van der Waals surface area contributed by atoms with Gasteiger partial charge in [0.15, 0.2) is 0 Å². The van der Waals surface area contributed by atoms with Crippen molar-refractivity contribution in [1.82, 2.24) is 4.98 Å². The molecule has 0 radical (unpaired) electrons. The molecule has 21 heavy (non-hydrogen) atoms. The van der Waals surface area contributed by atoms with Gasteiger partial charge in [0.2, 0.25) is 0 Å². The van der Waals surface area contributed by atoms with Gasteiger partial charge >= 0.3 is 0 Å². The van der Waals surface area contributed by atoms with Gasteiger partial charge in [-0.2, -0.15) is 0 Å². The van der Waals surface area contributed by atoms with Gasteiger partial charge < -0.3 is 16.2 Å². The van der Waals surface area contributed by atoms with Crippen molar-refractivity contribution >= 4 is 22.1 Å². The lowest BCUT2D eigenvalue weighted by Crippen LogP contribution is -2.07. The Hall–Kier alpha value is -2.75. The zero-order valence-electron chi connectivity index (χ0n) is 11.6. The lowest BCUT2D eigenvalue weighted by atomic mass is 10.1. The van der Waals surface area contributed by atoms with E-state index in [1.807, 2.05) is 36.5 Å². The van der Waals surface area contributed by atoms with Gasteiger partial charge in [0.1, 0.15) is 5.75 Å². The van der Waals surface area contributed by atoms with E-state index < -0.39 is 0 Å². The highest BCUT2D eigenvalue weighted by Gasteiger charge is 2.04. The van der Waals surface area contributed by atoms with Crippen molar-refractivity contribution < 1.29 is 5.11 Å². The highest BCUT2D eigenvalue weighted by atomic mass is 16.3. The molecule has 0 spiro atoms. The molecule has 4 nitrogen and oxygen atoms in total. The van der Waals surface area contributed by atoms with Crippen LogP contribution in [0.3, 0.4) is 0 Å². The fourth-order valence-electron chi connectivity index (χ4n) is 2.35. The number of hydrogen-bond acceptors (Lipinski definition) is 4. The number of nitrogens with two attached hydrogens (primary N) is 1. The molecule has 4 N–H and O–H groups in total. The fraction of sp³-hybridized carbons (Fsp3) is 0.118. The zero-order valence-corrected chi connectivity index (χ0v) is 11.6. The van der Waals surface area contributed by atoms with E-state index >= 15 is 0 Å². The van der Waals surface area contributed by atoms with Gasteiger partial charge in [-0.25, -0.2) is 0 Å². The number of rotatable bonds is 4. The summed E-state index contributed by atoms with van der Waals surface area (Å²) in [6, 6.07) is 13.2. The predicted octanol–water partition coefficient (Wildman–Crippen LogP) is 3.18. The Morgan fingerprint density at radius 1 is 1.05 bits per heavy atom. The Balaban J connectivity index is 1.70. The minimum atomic E-state index is 0.291. The molecule has 0 aliphatic heterocycles. The summed E-state index contributed by atoms with van der Waals surface area (Å²) in [4.78, 5) is 4.10. The van der Waals surface area contributed by atoms with E-state index in [9.17, 15) is 5.11 Å². The van der Waals surface area contributed by atoms with E-state index in [-0.39, 0.29) is 0 Å². The molecule has 1 aromatic heterocycles. The van der Waals surface area contributed by atoms with Crippen LogP contribution in [-0.4, -0.2) is 16.6 Å². The second-order valence-electron chi connectivity index (χ2n) is 4.97. The lowest BCUT2D eigenvalue weighted by molar-refractivity contribution is 0.475. The van der Waals surface area contributed by atoms with Crippen molar-refractivity contribution in [3.8, 4) is 5.75 Å². The summed E-state index contributed by atoms with van der Waals surface area (Å²) in [5.74, 6) is 0.291. The average Bonchev–Trinajstić information content (AvgIpc) is 2.52. The summed E-state index contributed by atoms with van der Waals surface area (Å²) in [7, 11) is 0. The molecule has 3 aromatic rings. The molecule has 4 heteroatoms. The maximum absolute atomic E-state index is 9.26. The second kappa shape index (κ2) is 5.71. The molecule has 0 saturated carbocycles. The number of nitrogen functional groups attached to an aromatic ring is 1. The van der Waals surface area contributed by atoms with Crippen LogP contribution in [0.1, 0.15) is 5.56 Å². The van der Waals surface area contributed by atoms with Crippen LogP contribution in [-0.2, 0) is 6.42 Å². The van der Waals surface area contributed by atoms with Crippen LogP contribution in [0.2, 0.25) is 0 Å². The minimum absolute atomic E-state index is 0.291. The van der Waals surface area contributed by atoms with Crippen LogP contribution in [0, 0.1) is 0 Å². The van der Waals surface area contributed by atoms with Crippen LogP contribution in [0.4, 0.5) is 11.4 Å².